The summed E-state index contributed by atoms with van der Waals surface area (Å²) in [5, 5.41) is 16.4. The van der Waals surface area contributed by atoms with E-state index in [0.717, 1.165) is 11.3 Å². The zero-order valence-electron chi connectivity index (χ0n) is 14.1. The summed E-state index contributed by atoms with van der Waals surface area (Å²) in [4.78, 5) is 25.2. The van der Waals surface area contributed by atoms with Crippen LogP contribution in [-0.2, 0) is 11.3 Å². The van der Waals surface area contributed by atoms with Gasteiger partial charge in [0.15, 0.2) is 0 Å². The molecule has 2 unspecified atom stereocenters. The minimum atomic E-state index is -0.839. The summed E-state index contributed by atoms with van der Waals surface area (Å²) in [6.07, 6.45) is 4.20. The lowest BCUT2D eigenvalue weighted by molar-refractivity contribution is -0.143. The van der Waals surface area contributed by atoms with Crippen LogP contribution in [0.3, 0.4) is 0 Å². The fourth-order valence-electron chi connectivity index (χ4n) is 3.16. The number of carboxylic acids is 1. The van der Waals surface area contributed by atoms with Crippen LogP contribution in [0.2, 0.25) is 0 Å². The van der Waals surface area contributed by atoms with Gasteiger partial charge in [-0.2, -0.15) is 5.10 Å². The minimum Gasteiger partial charge on any atom is -0.481 e. The Morgan fingerprint density at radius 3 is 2.76 bits per heavy atom. The van der Waals surface area contributed by atoms with Crippen LogP contribution in [0, 0.1) is 11.8 Å². The van der Waals surface area contributed by atoms with E-state index in [1.54, 1.807) is 15.8 Å². The van der Waals surface area contributed by atoms with E-state index in [-0.39, 0.29) is 18.5 Å². The van der Waals surface area contributed by atoms with Crippen molar-refractivity contribution in [1.82, 2.24) is 20.0 Å². The molecule has 1 aliphatic rings. The van der Waals surface area contributed by atoms with Crippen molar-refractivity contribution in [3.05, 3.63) is 48.3 Å². The van der Waals surface area contributed by atoms with Crippen molar-refractivity contribution in [3.8, 4) is 5.69 Å². The van der Waals surface area contributed by atoms with Gasteiger partial charge in [0.05, 0.1) is 17.8 Å². The maximum atomic E-state index is 12.4. The highest BCUT2D eigenvalue weighted by Crippen LogP contribution is 2.21. The number of rotatable bonds is 4. The number of carboxylic acid groups (broad SMARTS) is 1. The van der Waals surface area contributed by atoms with E-state index in [4.69, 9.17) is 0 Å². The fraction of sp³-hybridized carbons (Fsp3) is 0.389. The van der Waals surface area contributed by atoms with Gasteiger partial charge in [0.1, 0.15) is 0 Å². The largest absolute Gasteiger partial charge is 0.481 e. The van der Waals surface area contributed by atoms with Crippen molar-refractivity contribution in [2.24, 2.45) is 11.8 Å². The number of urea groups is 1. The van der Waals surface area contributed by atoms with Gasteiger partial charge in [-0.15, -0.1) is 0 Å². The number of hydrogen-bond donors (Lipinski definition) is 2. The average molecular weight is 342 g/mol. The molecule has 1 saturated heterocycles. The molecule has 2 amide bonds. The van der Waals surface area contributed by atoms with E-state index >= 15 is 0 Å². The molecule has 132 valence electrons. The quantitative estimate of drug-likeness (QED) is 0.891. The minimum absolute atomic E-state index is 0.182. The number of nitrogens with one attached hydrogen (secondary N) is 1. The van der Waals surface area contributed by atoms with Crippen molar-refractivity contribution in [3.63, 3.8) is 0 Å². The van der Waals surface area contributed by atoms with Crippen LogP contribution in [-0.4, -0.2) is 44.9 Å². The molecule has 2 atom stereocenters. The predicted molar refractivity (Wildman–Crippen MR) is 92.3 cm³/mol. The fourth-order valence-corrected chi connectivity index (χ4v) is 3.16. The molecule has 1 fully saturated rings. The Morgan fingerprint density at radius 2 is 2.04 bits per heavy atom. The van der Waals surface area contributed by atoms with Crippen LogP contribution in [0.25, 0.3) is 5.69 Å². The molecule has 0 bridgehead atoms. The maximum Gasteiger partial charge on any atom is 0.317 e. The van der Waals surface area contributed by atoms with Crippen molar-refractivity contribution >= 4 is 12.0 Å². The Labute approximate surface area is 146 Å². The van der Waals surface area contributed by atoms with E-state index in [9.17, 15) is 14.7 Å². The second kappa shape index (κ2) is 7.38. The Kier molecular flexibility index (Phi) is 5.02. The number of aliphatic carboxylic acids is 1. The third-order valence-electron chi connectivity index (χ3n) is 4.40. The normalized spacial score (nSPS) is 20.3. The van der Waals surface area contributed by atoms with Gasteiger partial charge in [0, 0.05) is 31.4 Å². The lowest BCUT2D eigenvalue weighted by Gasteiger charge is -2.34. The first-order valence-electron chi connectivity index (χ1n) is 8.37. The number of benzene rings is 1. The highest BCUT2D eigenvalue weighted by molar-refractivity contribution is 5.76. The van der Waals surface area contributed by atoms with Crippen LogP contribution >= 0.6 is 0 Å². The van der Waals surface area contributed by atoms with Crippen molar-refractivity contribution in [2.45, 2.75) is 19.9 Å². The van der Waals surface area contributed by atoms with Crippen LogP contribution in [0.1, 0.15) is 18.9 Å². The maximum absolute atomic E-state index is 12.4. The first-order chi connectivity index (χ1) is 12.0. The van der Waals surface area contributed by atoms with Crippen LogP contribution in [0.15, 0.2) is 42.7 Å². The molecule has 2 aromatic rings. The lowest BCUT2D eigenvalue weighted by Crippen LogP contribution is -2.49. The topological polar surface area (TPSA) is 87.5 Å². The zero-order valence-corrected chi connectivity index (χ0v) is 14.1. The van der Waals surface area contributed by atoms with Crippen molar-refractivity contribution in [2.75, 3.05) is 13.1 Å². The predicted octanol–water partition coefficient (Wildman–Crippen LogP) is 2.12. The van der Waals surface area contributed by atoms with E-state index in [2.05, 4.69) is 10.4 Å². The lowest BCUT2D eigenvalue weighted by atomic mass is 9.91. The molecule has 0 saturated carbocycles. The molecule has 1 aliphatic heterocycles. The van der Waals surface area contributed by atoms with Gasteiger partial charge in [0.25, 0.3) is 0 Å². The van der Waals surface area contributed by atoms with Gasteiger partial charge >= 0.3 is 12.0 Å². The molecule has 0 spiro atoms. The number of para-hydroxylation sites is 1. The number of piperidine rings is 1. The second-order valence-corrected chi connectivity index (χ2v) is 6.57. The number of aromatic nitrogens is 2. The molecule has 7 nitrogen and oxygen atoms in total. The average Bonchev–Trinajstić information content (AvgIpc) is 3.09. The Hall–Kier alpha value is -2.83. The highest BCUT2D eigenvalue weighted by Gasteiger charge is 2.31. The first-order valence-corrected chi connectivity index (χ1v) is 8.37. The second-order valence-electron chi connectivity index (χ2n) is 6.57. The summed E-state index contributed by atoms with van der Waals surface area (Å²) < 4.78 is 1.75. The summed E-state index contributed by atoms with van der Waals surface area (Å²) >= 11 is 0. The third-order valence-corrected chi connectivity index (χ3v) is 4.40. The van der Waals surface area contributed by atoms with E-state index in [1.807, 2.05) is 43.5 Å². The molecule has 25 heavy (non-hydrogen) atoms. The molecule has 1 aromatic heterocycles. The van der Waals surface area contributed by atoms with Crippen LogP contribution in [0.5, 0.6) is 0 Å². The molecule has 0 aliphatic carbocycles. The molecule has 7 heteroatoms. The molecule has 3 rings (SSSR count). The molecular formula is C18H22N4O3. The van der Waals surface area contributed by atoms with Crippen LogP contribution in [0.4, 0.5) is 4.79 Å². The summed E-state index contributed by atoms with van der Waals surface area (Å²) in [5.41, 5.74) is 1.84. The van der Waals surface area contributed by atoms with E-state index in [1.165, 1.54) is 0 Å². The monoisotopic (exact) mass is 342 g/mol. The van der Waals surface area contributed by atoms with E-state index < -0.39 is 11.9 Å². The Morgan fingerprint density at radius 1 is 1.28 bits per heavy atom. The SMILES string of the molecule is CC1CC(C(=O)O)CN(C(=O)NCc2cnn(-c3ccccc3)c2)C1. The van der Waals surface area contributed by atoms with E-state index in [0.29, 0.717) is 19.5 Å². The van der Waals surface area contributed by atoms with Gasteiger partial charge < -0.3 is 15.3 Å². The van der Waals surface area contributed by atoms with Gasteiger partial charge in [-0.25, -0.2) is 9.48 Å². The molecule has 1 aromatic carbocycles. The Balaban J connectivity index is 1.57. The number of amides is 2. The van der Waals surface area contributed by atoms with Crippen LogP contribution < -0.4 is 5.32 Å². The van der Waals surface area contributed by atoms with Gasteiger partial charge in [0.2, 0.25) is 0 Å². The number of nitrogens with zero attached hydrogens (tertiary/aromatic N) is 3. The zero-order chi connectivity index (χ0) is 17.8. The molecular weight excluding hydrogens is 320 g/mol. The van der Waals surface area contributed by atoms with Gasteiger partial charge in [-0.3, -0.25) is 4.79 Å². The third kappa shape index (κ3) is 4.17. The smallest absolute Gasteiger partial charge is 0.317 e. The summed E-state index contributed by atoms with van der Waals surface area (Å²) in [5.74, 6) is -1.15. The highest BCUT2D eigenvalue weighted by atomic mass is 16.4. The molecule has 0 radical (unpaired) electrons. The Bertz CT molecular complexity index is 744. The van der Waals surface area contributed by atoms with Crippen molar-refractivity contribution < 1.29 is 14.7 Å². The van der Waals surface area contributed by atoms with Crippen molar-refractivity contribution in [1.29, 1.82) is 0 Å². The standard InChI is InChI=1S/C18H22N4O3/c1-13-7-15(17(23)24)12-21(10-13)18(25)19-8-14-9-20-22(11-14)16-5-3-2-4-6-16/h2-6,9,11,13,15H,7-8,10,12H2,1H3,(H,19,25)(H,23,24). The molecule has 2 heterocycles. The number of carbonyl (C=O) groups excluding carboxylic acids is 1. The summed E-state index contributed by atoms with van der Waals surface area (Å²) in [6, 6.07) is 9.50. The summed E-state index contributed by atoms with van der Waals surface area (Å²) in [7, 11) is 0. The number of carbonyl (C=O) groups is 2. The van der Waals surface area contributed by atoms with Gasteiger partial charge in [-0.1, -0.05) is 25.1 Å². The first kappa shape index (κ1) is 17.0. The van der Waals surface area contributed by atoms with Gasteiger partial charge in [-0.05, 0) is 24.5 Å². The number of hydrogen-bond acceptors (Lipinski definition) is 3. The number of likely N-dealkylation sites (tertiary alicyclic amines) is 1. The summed E-state index contributed by atoms with van der Waals surface area (Å²) in [6.45, 7) is 3.17. The molecule has 2 N–H and O–H groups in total.